The lowest BCUT2D eigenvalue weighted by atomic mass is 9.75. The zero-order chi connectivity index (χ0) is 15.4. The zero-order valence-electron chi connectivity index (χ0n) is 13.3. The van der Waals surface area contributed by atoms with Gasteiger partial charge in [0.2, 0.25) is 0 Å². The Morgan fingerprint density at radius 3 is 2.50 bits per heavy atom. The highest BCUT2D eigenvalue weighted by Gasteiger charge is 2.47. The normalized spacial score (nSPS) is 29.0. The van der Waals surface area contributed by atoms with Gasteiger partial charge in [-0.15, -0.1) is 0 Å². The molecule has 0 fully saturated rings. The van der Waals surface area contributed by atoms with Gasteiger partial charge in [0.1, 0.15) is 11.4 Å². The number of nitrogens with one attached hydrogen (secondary N) is 1. The third-order valence-electron chi connectivity index (χ3n) is 4.74. The molecule has 2 heteroatoms. The molecule has 1 N–H and O–H groups in total. The van der Waals surface area contributed by atoms with Gasteiger partial charge in [-0.05, 0) is 32.9 Å². The standard InChI is InChI=1S/C20H21NO/c1-14-8-10-15(11-9-14)18-12-19(2)13-20(3,22-18)16-6-4-5-7-17(16)21-19/h4-12,21H,13H2,1-3H3. The molecule has 2 aromatic carbocycles. The molecule has 0 spiro atoms. The van der Waals surface area contributed by atoms with Crippen LogP contribution in [0.1, 0.15) is 37.0 Å². The first kappa shape index (κ1) is 13.4. The Morgan fingerprint density at radius 1 is 1.00 bits per heavy atom. The van der Waals surface area contributed by atoms with Crippen LogP contribution in [0.5, 0.6) is 0 Å². The van der Waals surface area contributed by atoms with Gasteiger partial charge in [0.15, 0.2) is 0 Å². The second-order valence-corrected chi connectivity index (χ2v) is 6.97. The Morgan fingerprint density at radius 2 is 1.73 bits per heavy atom. The first-order valence-electron chi connectivity index (χ1n) is 7.84. The van der Waals surface area contributed by atoms with Gasteiger partial charge in [0, 0.05) is 23.2 Å². The number of aryl methyl sites for hydroxylation is 1. The third-order valence-corrected chi connectivity index (χ3v) is 4.74. The van der Waals surface area contributed by atoms with E-state index in [-0.39, 0.29) is 11.1 Å². The van der Waals surface area contributed by atoms with Crippen LogP contribution >= 0.6 is 0 Å². The van der Waals surface area contributed by atoms with Gasteiger partial charge in [-0.1, -0.05) is 48.0 Å². The van der Waals surface area contributed by atoms with Gasteiger partial charge in [0.25, 0.3) is 0 Å². The minimum atomic E-state index is -0.286. The molecule has 2 bridgehead atoms. The number of anilines is 1. The highest BCUT2D eigenvalue weighted by Crippen LogP contribution is 2.50. The molecule has 0 aromatic heterocycles. The average Bonchev–Trinajstić information content (AvgIpc) is 2.46. The van der Waals surface area contributed by atoms with Crippen LogP contribution in [-0.4, -0.2) is 5.54 Å². The fourth-order valence-corrected chi connectivity index (χ4v) is 3.80. The molecule has 22 heavy (non-hydrogen) atoms. The number of para-hydroxylation sites is 1. The van der Waals surface area contributed by atoms with Gasteiger partial charge >= 0.3 is 0 Å². The molecule has 2 aliphatic heterocycles. The summed E-state index contributed by atoms with van der Waals surface area (Å²) < 4.78 is 6.48. The van der Waals surface area contributed by atoms with E-state index in [9.17, 15) is 0 Å². The molecule has 2 aromatic rings. The van der Waals surface area contributed by atoms with Crippen LogP contribution in [0.4, 0.5) is 5.69 Å². The second-order valence-electron chi connectivity index (χ2n) is 6.97. The largest absolute Gasteiger partial charge is 0.482 e. The van der Waals surface area contributed by atoms with Crippen LogP contribution in [0.15, 0.2) is 54.6 Å². The van der Waals surface area contributed by atoms with Crippen LogP contribution in [0.3, 0.4) is 0 Å². The maximum atomic E-state index is 6.48. The van der Waals surface area contributed by atoms with E-state index in [0.29, 0.717) is 0 Å². The summed E-state index contributed by atoms with van der Waals surface area (Å²) in [5.74, 6) is 0.971. The summed E-state index contributed by atoms with van der Waals surface area (Å²) in [5, 5.41) is 3.68. The smallest absolute Gasteiger partial charge is 0.136 e. The van der Waals surface area contributed by atoms with Crippen molar-refractivity contribution in [2.45, 2.75) is 38.3 Å². The summed E-state index contributed by atoms with van der Waals surface area (Å²) in [6.45, 7) is 6.55. The van der Waals surface area contributed by atoms with Gasteiger partial charge in [-0.3, -0.25) is 0 Å². The van der Waals surface area contributed by atoms with E-state index < -0.39 is 0 Å². The van der Waals surface area contributed by atoms with E-state index >= 15 is 0 Å². The SMILES string of the molecule is Cc1ccc(C2=CC3(C)CC(C)(O2)c2ccccc2N3)cc1. The molecule has 2 atom stereocenters. The summed E-state index contributed by atoms with van der Waals surface area (Å²) >= 11 is 0. The van der Waals surface area contributed by atoms with Gasteiger partial charge in [-0.25, -0.2) is 0 Å². The molecule has 0 radical (unpaired) electrons. The molecule has 0 saturated heterocycles. The predicted octanol–water partition coefficient (Wildman–Crippen LogP) is 4.86. The Hall–Kier alpha value is -2.22. The molecule has 2 unspecified atom stereocenters. The van der Waals surface area contributed by atoms with Crippen molar-refractivity contribution in [3.05, 3.63) is 71.3 Å². The summed E-state index contributed by atoms with van der Waals surface area (Å²) in [4.78, 5) is 0. The van der Waals surface area contributed by atoms with Crippen molar-refractivity contribution in [3.8, 4) is 0 Å². The van der Waals surface area contributed by atoms with E-state index in [1.54, 1.807) is 0 Å². The molecule has 0 aliphatic carbocycles. The monoisotopic (exact) mass is 291 g/mol. The van der Waals surface area contributed by atoms with E-state index in [4.69, 9.17) is 4.74 Å². The Kier molecular flexibility index (Phi) is 2.68. The van der Waals surface area contributed by atoms with Crippen LogP contribution in [-0.2, 0) is 10.3 Å². The van der Waals surface area contributed by atoms with Crippen molar-refractivity contribution in [2.24, 2.45) is 0 Å². The molecule has 0 amide bonds. The quantitative estimate of drug-likeness (QED) is 0.810. The van der Waals surface area contributed by atoms with Gasteiger partial charge in [-0.2, -0.15) is 0 Å². The van der Waals surface area contributed by atoms with Gasteiger partial charge in [0.05, 0.1) is 5.54 Å². The lowest BCUT2D eigenvalue weighted by molar-refractivity contribution is 0.0167. The minimum Gasteiger partial charge on any atom is -0.482 e. The Labute approximate surface area is 131 Å². The van der Waals surface area contributed by atoms with Crippen molar-refractivity contribution in [1.29, 1.82) is 0 Å². The van der Waals surface area contributed by atoms with E-state index in [1.807, 2.05) is 0 Å². The predicted molar refractivity (Wildman–Crippen MR) is 90.7 cm³/mol. The number of fused-ring (bicyclic) bond motifs is 4. The van der Waals surface area contributed by atoms with Crippen molar-refractivity contribution < 1.29 is 4.74 Å². The fraction of sp³-hybridized carbons (Fsp3) is 0.300. The summed E-state index contributed by atoms with van der Waals surface area (Å²) in [5.41, 5.74) is 4.46. The number of benzene rings is 2. The van der Waals surface area contributed by atoms with Crippen molar-refractivity contribution in [3.63, 3.8) is 0 Å². The third kappa shape index (κ3) is 2.02. The number of rotatable bonds is 1. The second kappa shape index (κ2) is 4.39. The molecule has 2 aliphatic rings. The molecule has 4 rings (SSSR count). The first-order chi connectivity index (χ1) is 10.5. The molecule has 112 valence electrons. The molecular weight excluding hydrogens is 270 g/mol. The van der Waals surface area contributed by atoms with Crippen LogP contribution in [0, 0.1) is 6.92 Å². The minimum absolute atomic E-state index is 0.0818. The maximum absolute atomic E-state index is 6.48. The average molecular weight is 291 g/mol. The van der Waals surface area contributed by atoms with E-state index in [2.05, 4.69) is 80.7 Å². The summed E-state index contributed by atoms with van der Waals surface area (Å²) in [7, 11) is 0. The Balaban J connectivity index is 1.82. The lowest BCUT2D eigenvalue weighted by Gasteiger charge is -2.49. The van der Waals surface area contributed by atoms with Crippen LogP contribution in [0.2, 0.25) is 0 Å². The fourth-order valence-electron chi connectivity index (χ4n) is 3.80. The van der Waals surface area contributed by atoms with E-state index in [1.165, 1.54) is 16.8 Å². The molecule has 0 saturated carbocycles. The van der Waals surface area contributed by atoms with Crippen LogP contribution in [0.25, 0.3) is 5.76 Å². The zero-order valence-corrected chi connectivity index (χ0v) is 13.3. The number of hydrogen-bond donors (Lipinski definition) is 1. The van der Waals surface area contributed by atoms with Gasteiger partial charge < -0.3 is 10.1 Å². The summed E-state index contributed by atoms with van der Waals surface area (Å²) in [6.07, 6.45) is 3.17. The van der Waals surface area contributed by atoms with Crippen molar-refractivity contribution in [2.75, 3.05) is 5.32 Å². The number of hydrogen-bond acceptors (Lipinski definition) is 2. The Bertz CT molecular complexity index is 762. The molecular formula is C20H21NO. The van der Waals surface area contributed by atoms with E-state index in [0.717, 1.165) is 17.7 Å². The maximum Gasteiger partial charge on any atom is 0.136 e. The number of ether oxygens (including phenoxy) is 1. The highest BCUT2D eigenvalue weighted by molar-refractivity contribution is 5.69. The summed E-state index contributed by atoms with van der Waals surface area (Å²) in [6, 6.07) is 17.0. The lowest BCUT2D eigenvalue weighted by Crippen LogP contribution is -2.49. The highest BCUT2D eigenvalue weighted by atomic mass is 16.5. The van der Waals surface area contributed by atoms with Crippen molar-refractivity contribution >= 4 is 11.4 Å². The topological polar surface area (TPSA) is 21.3 Å². The van der Waals surface area contributed by atoms with Crippen molar-refractivity contribution in [1.82, 2.24) is 0 Å². The molecule has 2 nitrogen and oxygen atoms in total. The first-order valence-corrected chi connectivity index (χ1v) is 7.84. The van der Waals surface area contributed by atoms with Crippen LogP contribution < -0.4 is 5.32 Å². The molecule has 2 heterocycles.